The standard InChI is InChI=1S/C45H28O/c1-2-13-33(14-3-1)45(39-18-7-6-16-37(39)44-35-15-5-4-10-30(35)22-26-40(44)45)34-24-20-29(21-25-34)32-23-27-41-38(28-32)36-17-8-11-31-12-9-19-42(46-41)43(31)36/h1-28H. The third kappa shape index (κ3) is 3.40. The van der Waals surface area contributed by atoms with E-state index in [1.807, 2.05) is 0 Å². The average molecular weight is 585 g/mol. The number of ether oxygens (including phenoxy) is 1. The molecular weight excluding hydrogens is 556 g/mol. The molecule has 1 aliphatic heterocycles. The lowest BCUT2D eigenvalue weighted by molar-refractivity contribution is 0.487. The van der Waals surface area contributed by atoms with Gasteiger partial charge in [0.1, 0.15) is 11.5 Å². The van der Waals surface area contributed by atoms with Crippen LogP contribution < -0.4 is 4.74 Å². The summed E-state index contributed by atoms with van der Waals surface area (Å²) in [6.07, 6.45) is 0. The van der Waals surface area contributed by atoms with E-state index in [-0.39, 0.29) is 0 Å². The lowest BCUT2D eigenvalue weighted by Gasteiger charge is -2.34. The van der Waals surface area contributed by atoms with E-state index < -0.39 is 5.41 Å². The summed E-state index contributed by atoms with van der Waals surface area (Å²) in [6, 6.07) is 62.1. The minimum Gasteiger partial charge on any atom is -0.456 e. The third-order valence-corrected chi connectivity index (χ3v) is 10.1. The number of benzene rings is 8. The maximum Gasteiger partial charge on any atom is 0.135 e. The summed E-state index contributed by atoms with van der Waals surface area (Å²) < 4.78 is 6.39. The molecule has 10 rings (SSSR count). The predicted molar refractivity (Wildman–Crippen MR) is 190 cm³/mol. The van der Waals surface area contributed by atoms with Crippen LogP contribution in [-0.4, -0.2) is 0 Å². The van der Waals surface area contributed by atoms with Gasteiger partial charge in [0.2, 0.25) is 0 Å². The lowest BCUT2D eigenvalue weighted by atomic mass is 9.67. The highest BCUT2D eigenvalue weighted by Gasteiger charge is 2.46. The highest BCUT2D eigenvalue weighted by atomic mass is 16.5. The Morgan fingerprint density at radius 1 is 0.391 bits per heavy atom. The van der Waals surface area contributed by atoms with Crippen LogP contribution in [0.15, 0.2) is 170 Å². The predicted octanol–water partition coefficient (Wildman–Crippen LogP) is 11.8. The molecule has 0 fully saturated rings. The van der Waals surface area contributed by atoms with Gasteiger partial charge in [-0.1, -0.05) is 152 Å². The molecule has 1 aliphatic carbocycles. The second-order valence-electron chi connectivity index (χ2n) is 12.4. The van der Waals surface area contributed by atoms with Gasteiger partial charge >= 0.3 is 0 Å². The Labute approximate surface area is 268 Å². The molecule has 0 spiro atoms. The molecule has 1 heteroatoms. The van der Waals surface area contributed by atoms with Crippen molar-refractivity contribution in [1.82, 2.24) is 0 Å². The SMILES string of the molecule is c1ccc(C2(c3ccc(-c4ccc5c(c4)-c4cccc6cccc(c46)O5)cc3)c3ccccc3-c3c2ccc2ccccc32)cc1. The van der Waals surface area contributed by atoms with E-state index >= 15 is 0 Å². The van der Waals surface area contributed by atoms with Crippen molar-refractivity contribution < 1.29 is 4.74 Å². The first-order valence-corrected chi connectivity index (χ1v) is 15.9. The molecule has 0 amide bonds. The van der Waals surface area contributed by atoms with E-state index in [0.717, 1.165) is 17.1 Å². The summed E-state index contributed by atoms with van der Waals surface area (Å²) in [5, 5.41) is 4.95. The van der Waals surface area contributed by atoms with Crippen LogP contribution in [-0.2, 0) is 5.41 Å². The second-order valence-corrected chi connectivity index (χ2v) is 12.4. The molecule has 0 N–H and O–H groups in total. The molecule has 0 bridgehead atoms. The number of hydrogen-bond acceptors (Lipinski definition) is 1. The van der Waals surface area contributed by atoms with Crippen LogP contribution in [0.4, 0.5) is 0 Å². The molecule has 8 aromatic carbocycles. The van der Waals surface area contributed by atoms with Crippen LogP contribution in [0.1, 0.15) is 22.3 Å². The highest BCUT2D eigenvalue weighted by Crippen LogP contribution is 2.58. The Morgan fingerprint density at radius 2 is 1.09 bits per heavy atom. The van der Waals surface area contributed by atoms with Gasteiger partial charge in [-0.25, -0.2) is 0 Å². The zero-order valence-electron chi connectivity index (χ0n) is 25.1. The van der Waals surface area contributed by atoms with Gasteiger partial charge in [-0.15, -0.1) is 0 Å². The molecule has 1 atom stereocenters. The summed E-state index contributed by atoms with van der Waals surface area (Å²) in [6.45, 7) is 0. The zero-order chi connectivity index (χ0) is 30.2. The second kappa shape index (κ2) is 9.54. The van der Waals surface area contributed by atoms with Gasteiger partial charge in [0, 0.05) is 10.9 Å². The largest absolute Gasteiger partial charge is 0.456 e. The van der Waals surface area contributed by atoms with Crippen molar-refractivity contribution in [3.8, 4) is 44.9 Å². The third-order valence-electron chi connectivity index (χ3n) is 10.1. The van der Waals surface area contributed by atoms with Gasteiger partial charge < -0.3 is 4.74 Å². The van der Waals surface area contributed by atoms with Crippen molar-refractivity contribution in [3.05, 3.63) is 192 Å². The molecule has 0 saturated carbocycles. The number of rotatable bonds is 3. The van der Waals surface area contributed by atoms with Crippen molar-refractivity contribution in [2.45, 2.75) is 5.41 Å². The van der Waals surface area contributed by atoms with Gasteiger partial charge in [-0.2, -0.15) is 0 Å². The molecule has 1 unspecified atom stereocenters. The molecule has 8 aromatic rings. The van der Waals surface area contributed by atoms with E-state index in [1.165, 1.54) is 71.6 Å². The fourth-order valence-electron chi connectivity index (χ4n) is 8.18. The summed E-state index contributed by atoms with van der Waals surface area (Å²) in [5.41, 5.74) is 12.2. The fourth-order valence-corrected chi connectivity index (χ4v) is 8.18. The highest BCUT2D eigenvalue weighted by molar-refractivity contribution is 6.05. The van der Waals surface area contributed by atoms with Gasteiger partial charge in [0.25, 0.3) is 0 Å². The minimum absolute atomic E-state index is 0.432. The first-order valence-electron chi connectivity index (χ1n) is 15.9. The topological polar surface area (TPSA) is 9.23 Å². The summed E-state index contributed by atoms with van der Waals surface area (Å²) >= 11 is 0. The fraction of sp³-hybridized carbons (Fsp3) is 0.0222. The van der Waals surface area contributed by atoms with Crippen molar-refractivity contribution in [1.29, 1.82) is 0 Å². The van der Waals surface area contributed by atoms with E-state index in [0.29, 0.717) is 0 Å². The van der Waals surface area contributed by atoms with Crippen molar-refractivity contribution in [3.63, 3.8) is 0 Å². The van der Waals surface area contributed by atoms with E-state index in [2.05, 4.69) is 170 Å². The first kappa shape index (κ1) is 25.4. The molecule has 0 radical (unpaired) electrons. The van der Waals surface area contributed by atoms with Crippen LogP contribution in [0.3, 0.4) is 0 Å². The van der Waals surface area contributed by atoms with Crippen LogP contribution in [0.5, 0.6) is 11.5 Å². The Hall–Kier alpha value is -5.92. The molecule has 46 heavy (non-hydrogen) atoms. The van der Waals surface area contributed by atoms with Gasteiger partial charge in [-0.3, -0.25) is 0 Å². The van der Waals surface area contributed by atoms with E-state index in [4.69, 9.17) is 4.74 Å². The van der Waals surface area contributed by atoms with Crippen LogP contribution in [0, 0.1) is 0 Å². The first-order chi connectivity index (χ1) is 22.8. The van der Waals surface area contributed by atoms with Crippen LogP contribution in [0.2, 0.25) is 0 Å². The summed E-state index contributed by atoms with van der Waals surface area (Å²) in [5.74, 6) is 1.83. The Bertz CT molecular complexity index is 2480. The summed E-state index contributed by atoms with van der Waals surface area (Å²) in [4.78, 5) is 0. The maximum atomic E-state index is 6.39. The van der Waals surface area contributed by atoms with Crippen molar-refractivity contribution in [2.24, 2.45) is 0 Å². The molecule has 0 aromatic heterocycles. The van der Waals surface area contributed by atoms with E-state index in [9.17, 15) is 0 Å². The van der Waals surface area contributed by atoms with Gasteiger partial charge in [-0.05, 0) is 84.4 Å². The Kier molecular flexibility index (Phi) is 5.27. The summed E-state index contributed by atoms with van der Waals surface area (Å²) in [7, 11) is 0. The minimum atomic E-state index is -0.432. The van der Waals surface area contributed by atoms with Gasteiger partial charge in [0.05, 0.1) is 5.41 Å². The average Bonchev–Trinajstić information content (AvgIpc) is 3.44. The molecule has 1 heterocycles. The van der Waals surface area contributed by atoms with Crippen LogP contribution in [0.25, 0.3) is 54.9 Å². The monoisotopic (exact) mass is 584 g/mol. The number of fused-ring (bicyclic) bond motifs is 7. The van der Waals surface area contributed by atoms with E-state index in [1.54, 1.807) is 0 Å². The quantitative estimate of drug-likeness (QED) is 0.201. The van der Waals surface area contributed by atoms with Crippen LogP contribution >= 0.6 is 0 Å². The smallest absolute Gasteiger partial charge is 0.135 e. The number of hydrogen-bond donors (Lipinski definition) is 0. The van der Waals surface area contributed by atoms with Gasteiger partial charge in [0.15, 0.2) is 0 Å². The normalized spacial score (nSPS) is 15.7. The molecule has 2 aliphatic rings. The van der Waals surface area contributed by atoms with Crippen molar-refractivity contribution in [2.75, 3.05) is 0 Å². The maximum absolute atomic E-state index is 6.39. The molecular formula is C45H28O. The Balaban J connectivity index is 1.17. The lowest BCUT2D eigenvalue weighted by Crippen LogP contribution is -2.28. The van der Waals surface area contributed by atoms with Crippen molar-refractivity contribution >= 4 is 21.5 Å². The molecule has 214 valence electrons. The molecule has 1 nitrogen and oxygen atoms in total. The molecule has 0 saturated heterocycles. The zero-order valence-corrected chi connectivity index (χ0v) is 25.1. The Morgan fingerprint density at radius 3 is 1.98 bits per heavy atom.